The maximum absolute atomic E-state index is 11.4. The van der Waals surface area contributed by atoms with Crippen LogP contribution in [0.5, 0.6) is 0 Å². The van der Waals surface area contributed by atoms with Gasteiger partial charge in [-0.05, 0) is 13.1 Å². The summed E-state index contributed by atoms with van der Waals surface area (Å²) in [5, 5.41) is 7.48. The average Bonchev–Trinajstić information content (AvgIpc) is 2.30. The number of amides is 2. The Kier molecular flexibility index (Phi) is 5.15. The fourth-order valence-electron chi connectivity index (χ4n) is 1.22. The Morgan fingerprint density at radius 3 is 2.82 bits per heavy atom. The lowest BCUT2D eigenvalue weighted by molar-refractivity contribution is -0.146. The Morgan fingerprint density at radius 1 is 1.41 bits per heavy atom. The molecule has 1 aliphatic rings. The van der Waals surface area contributed by atoms with Crippen molar-refractivity contribution >= 4 is 17.8 Å². The zero-order chi connectivity index (χ0) is 12.7. The van der Waals surface area contributed by atoms with Gasteiger partial charge < -0.3 is 20.7 Å². The second kappa shape index (κ2) is 6.64. The Hall–Kier alpha value is -1.89. The van der Waals surface area contributed by atoms with Crippen molar-refractivity contribution in [2.45, 2.75) is 6.04 Å². The van der Waals surface area contributed by atoms with Crippen LogP contribution in [0.2, 0.25) is 0 Å². The number of rotatable bonds is 5. The normalized spacial score (nSPS) is 18.4. The molecule has 0 aromatic rings. The molecular formula is C10H15N3O4. The zero-order valence-corrected chi connectivity index (χ0v) is 9.49. The van der Waals surface area contributed by atoms with Gasteiger partial charge in [-0.1, -0.05) is 6.08 Å². The molecule has 2 amide bonds. The number of carbonyl (C=O) groups is 3. The monoisotopic (exact) mass is 241 g/mol. The first-order chi connectivity index (χ1) is 8.13. The van der Waals surface area contributed by atoms with Crippen LogP contribution in [0.3, 0.4) is 0 Å². The SMILES string of the molecule is CNCC(=O)NCC(=O)NC1C=CCOC1=O. The standard InChI is InChI=1S/C10H15N3O4/c1-11-5-8(14)12-6-9(15)13-7-3-2-4-17-10(7)16/h2-3,7,11H,4-6H2,1H3,(H,12,14)(H,13,15). The van der Waals surface area contributed by atoms with Crippen molar-refractivity contribution in [3.8, 4) is 0 Å². The number of ether oxygens (including phenoxy) is 1. The molecule has 0 radical (unpaired) electrons. The molecule has 0 saturated heterocycles. The van der Waals surface area contributed by atoms with Gasteiger partial charge in [0, 0.05) is 0 Å². The molecule has 94 valence electrons. The number of cyclic esters (lactones) is 1. The lowest BCUT2D eigenvalue weighted by Gasteiger charge is -2.17. The molecule has 1 atom stereocenters. The fraction of sp³-hybridized carbons (Fsp3) is 0.500. The third-order valence-electron chi connectivity index (χ3n) is 2.00. The Bertz CT molecular complexity index is 340. The summed E-state index contributed by atoms with van der Waals surface area (Å²) in [7, 11) is 1.63. The number of esters is 1. The van der Waals surface area contributed by atoms with Gasteiger partial charge in [0.15, 0.2) is 0 Å². The molecule has 1 rings (SSSR count). The van der Waals surface area contributed by atoms with Gasteiger partial charge in [0.05, 0.1) is 13.1 Å². The van der Waals surface area contributed by atoms with E-state index in [0.717, 1.165) is 0 Å². The molecular weight excluding hydrogens is 226 g/mol. The van der Waals surface area contributed by atoms with Crippen molar-refractivity contribution in [2.75, 3.05) is 26.7 Å². The van der Waals surface area contributed by atoms with Crippen LogP contribution in [0.15, 0.2) is 12.2 Å². The van der Waals surface area contributed by atoms with Gasteiger partial charge >= 0.3 is 5.97 Å². The lowest BCUT2D eigenvalue weighted by atomic mass is 10.2. The van der Waals surface area contributed by atoms with Crippen LogP contribution in [0.4, 0.5) is 0 Å². The third-order valence-corrected chi connectivity index (χ3v) is 2.00. The van der Waals surface area contributed by atoms with Crippen molar-refractivity contribution < 1.29 is 19.1 Å². The highest BCUT2D eigenvalue weighted by molar-refractivity contribution is 5.89. The molecule has 1 aliphatic heterocycles. The second-order valence-corrected chi connectivity index (χ2v) is 3.41. The van der Waals surface area contributed by atoms with Crippen LogP contribution in [0, 0.1) is 0 Å². The average molecular weight is 241 g/mol. The van der Waals surface area contributed by atoms with E-state index in [4.69, 9.17) is 4.74 Å². The van der Waals surface area contributed by atoms with E-state index in [2.05, 4.69) is 16.0 Å². The number of likely N-dealkylation sites (N-methyl/N-ethyl adjacent to an activating group) is 1. The summed E-state index contributed by atoms with van der Waals surface area (Å²) in [6, 6.07) is -0.766. The van der Waals surface area contributed by atoms with Crippen LogP contribution < -0.4 is 16.0 Å². The molecule has 3 N–H and O–H groups in total. The minimum Gasteiger partial charge on any atom is -0.460 e. The highest BCUT2D eigenvalue weighted by Gasteiger charge is 2.21. The smallest absolute Gasteiger partial charge is 0.333 e. The Labute approximate surface area is 98.6 Å². The van der Waals surface area contributed by atoms with E-state index >= 15 is 0 Å². The van der Waals surface area contributed by atoms with Crippen LogP contribution >= 0.6 is 0 Å². The first-order valence-corrected chi connectivity index (χ1v) is 5.17. The molecule has 0 aromatic heterocycles. The molecule has 0 spiro atoms. The maximum atomic E-state index is 11.4. The number of hydrogen-bond acceptors (Lipinski definition) is 5. The summed E-state index contributed by atoms with van der Waals surface area (Å²) in [5.74, 6) is -1.23. The molecule has 7 nitrogen and oxygen atoms in total. The fourth-order valence-corrected chi connectivity index (χ4v) is 1.22. The van der Waals surface area contributed by atoms with E-state index < -0.39 is 17.9 Å². The molecule has 0 aromatic carbocycles. The first-order valence-electron chi connectivity index (χ1n) is 5.17. The summed E-state index contributed by atoms with van der Waals surface area (Å²) in [5.41, 5.74) is 0. The van der Waals surface area contributed by atoms with Crippen LogP contribution in [0.1, 0.15) is 0 Å². The van der Waals surface area contributed by atoms with Crippen molar-refractivity contribution in [1.82, 2.24) is 16.0 Å². The number of carbonyl (C=O) groups excluding carboxylic acids is 3. The van der Waals surface area contributed by atoms with E-state index in [0.29, 0.717) is 0 Å². The third kappa shape index (κ3) is 4.64. The molecule has 1 unspecified atom stereocenters. The van der Waals surface area contributed by atoms with Gasteiger partial charge in [-0.3, -0.25) is 9.59 Å². The van der Waals surface area contributed by atoms with Gasteiger partial charge in [0.1, 0.15) is 12.6 Å². The minimum atomic E-state index is -0.766. The van der Waals surface area contributed by atoms with E-state index in [1.807, 2.05) is 0 Å². The quantitative estimate of drug-likeness (QED) is 0.379. The summed E-state index contributed by atoms with van der Waals surface area (Å²) in [6.45, 7) is 0.195. The molecule has 0 bridgehead atoms. The van der Waals surface area contributed by atoms with E-state index in [1.165, 1.54) is 0 Å². The predicted molar refractivity (Wildman–Crippen MR) is 59.0 cm³/mol. The van der Waals surface area contributed by atoms with Crippen molar-refractivity contribution in [3.63, 3.8) is 0 Å². The summed E-state index contributed by atoms with van der Waals surface area (Å²) in [4.78, 5) is 33.6. The van der Waals surface area contributed by atoms with E-state index in [1.54, 1.807) is 19.2 Å². The van der Waals surface area contributed by atoms with Crippen LogP contribution in [-0.4, -0.2) is 50.6 Å². The molecule has 7 heteroatoms. The molecule has 0 aliphatic carbocycles. The maximum Gasteiger partial charge on any atom is 0.333 e. The molecule has 17 heavy (non-hydrogen) atoms. The predicted octanol–water partition coefficient (Wildman–Crippen LogP) is -2.08. The van der Waals surface area contributed by atoms with Crippen molar-refractivity contribution in [1.29, 1.82) is 0 Å². The zero-order valence-electron chi connectivity index (χ0n) is 9.49. The minimum absolute atomic E-state index is 0.138. The van der Waals surface area contributed by atoms with E-state index in [9.17, 15) is 14.4 Å². The Balaban J connectivity index is 2.29. The van der Waals surface area contributed by atoms with Crippen LogP contribution in [0.25, 0.3) is 0 Å². The molecule has 1 heterocycles. The Morgan fingerprint density at radius 2 is 2.18 bits per heavy atom. The first kappa shape index (κ1) is 13.2. The lowest BCUT2D eigenvalue weighted by Crippen LogP contribution is -2.47. The van der Waals surface area contributed by atoms with Gasteiger partial charge in [-0.2, -0.15) is 0 Å². The second-order valence-electron chi connectivity index (χ2n) is 3.41. The summed E-state index contributed by atoms with van der Waals surface area (Å²) < 4.78 is 4.72. The molecule has 0 fully saturated rings. The van der Waals surface area contributed by atoms with E-state index in [-0.39, 0.29) is 25.6 Å². The number of nitrogens with one attached hydrogen (secondary N) is 3. The van der Waals surface area contributed by atoms with Gasteiger partial charge in [0.2, 0.25) is 11.8 Å². The largest absolute Gasteiger partial charge is 0.460 e. The topological polar surface area (TPSA) is 96.5 Å². The summed E-state index contributed by atoms with van der Waals surface area (Å²) in [6.07, 6.45) is 3.20. The van der Waals surface area contributed by atoms with Gasteiger partial charge in [-0.25, -0.2) is 4.79 Å². The van der Waals surface area contributed by atoms with Crippen molar-refractivity contribution in [2.24, 2.45) is 0 Å². The van der Waals surface area contributed by atoms with Gasteiger partial charge in [-0.15, -0.1) is 0 Å². The van der Waals surface area contributed by atoms with Crippen molar-refractivity contribution in [3.05, 3.63) is 12.2 Å². The summed E-state index contributed by atoms with van der Waals surface area (Å²) >= 11 is 0. The van der Waals surface area contributed by atoms with Gasteiger partial charge in [0.25, 0.3) is 0 Å². The van der Waals surface area contributed by atoms with Crippen LogP contribution in [-0.2, 0) is 19.1 Å². The highest BCUT2D eigenvalue weighted by atomic mass is 16.5. The highest BCUT2D eigenvalue weighted by Crippen LogP contribution is 1.98. The molecule has 0 saturated carbocycles. The number of hydrogen-bond donors (Lipinski definition) is 3.